The van der Waals surface area contributed by atoms with Gasteiger partial charge in [0, 0.05) is 19.1 Å². The number of aryl methyl sites for hydroxylation is 1. The van der Waals surface area contributed by atoms with Crippen molar-refractivity contribution >= 4 is 45.2 Å². The number of hydrogen-bond acceptors (Lipinski definition) is 7. The van der Waals surface area contributed by atoms with Gasteiger partial charge >= 0.3 is 0 Å². The number of carboxylic acids is 1. The Balaban J connectivity index is 1.62. The molecule has 0 fully saturated rings. The van der Waals surface area contributed by atoms with Crippen LogP contribution in [0.25, 0.3) is 10.2 Å². The molecule has 3 rings (SSSR count). The van der Waals surface area contributed by atoms with Crippen LogP contribution in [0.4, 0.5) is 0 Å². The Labute approximate surface area is 188 Å². The average molecular weight is 459 g/mol. The number of amides is 1. The molecule has 164 valence electrons. The smallest absolute Gasteiger partial charge is 0.272 e. The van der Waals surface area contributed by atoms with E-state index in [1.54, 1.807) is 10.6 Å². The second kappa shape index (κ2) is 11.1. The number of thiophene rings is 1. The predicted octanol–water partition coefficient (Wildman–Crippen LogP) is 2.49. The lowest BCUT2D eigenvalue weighted by atomic mass is 10.1. The molecule has 9 heteroatoms. The van der Waals surface area contributed by atoms with Crippen molar-refractivity contribution < 1.29 is 14.7 Å². The van der Waals surface area contributed by atoms with Crippen LogP contribution in [0.15, 0.2) is 45.7 Å². The third kappa shape index (κ3) is 6.67. The first kappa shape index (κ1) is 23.0. The van der Waals surface area contributed by atoms with Crippen LogP contribution in [0.3, 0.4) is 0 Å². The summed E-state index contributed by atoms with van der Waals surface area (Å²) < 4.78 is 2.18. The molecule has 0 aliphatic heterocycles. The monoisotopic (exact) mass is 458 g/mol. The van der Waals surface area contributed by atoms with Crippen molar-refractivity contribution in [3.63, 3.8) is 0 Å². The predicted molar refractivity (Wildman–Crippen MR) is 121 cm³/mol. The Kier molecular flexibility index (Phi) is 8.25. The Bertz CT molecular complexity index is 1110. The van der Waals surface area contributed by atoms with Crippen LogP contribution in [0, 0.1) is 6.92 Å². The van der Waals surface area contributed by atoms with Gasteiger partial charge in [-0.2, -0.15) is 0 Å². The van der Waals surface area contributed by atoms with Crippen LogP contribution in [0.1, 0.15) is 36.8 Å². The van der Waals surface area contributed by atoms with Crippen LogP contribution in [-0.2, 0) is 22.7 Å². The number of thioether (sulfide) groups is 1. The number of aromatic nitrogens is 2. The standard InChI is InChI=1S/C22H25N3O4S2/c1-15-6-8-16(9-7-15)13-23-18(26)14-31-22-24-17-10-12-30-20(17)21(29)25(22)11-4-2-3-5-19(27)28/h6-10,12H,2-5,11,13-14H2,1H3,(H,23,26)(H,27,28)/p-1. The molecule has 0 atom stereocenters. The summed E-state index contributed by atoms with van der Waals surface area (Å²) in [4.78, 5) is 40.3. The van der Waals surface area contributed by atoms with Gasteiger partial charge in [0.25, 0.3) is 5.56 Å². The third-order valence-corrected chi connectivity index (χ3v) is 6.60. The second-order valence-corrected chi connectivity index (χ2v) is 9.08. The van der Waals surface area contributed by atoms with Gasteiger partial charge in [0.1, 0.15) is 4.70 Å². The average Bonchev–Trinajstić information content (AvgIpc) is 3.22. The summed E-state index contributed by atoms with van der Waals surface area (Å²) in [5.41, 5.74) is 2.70. The number of unbranched alkanes of at least 4 members (excludes halogenated alkanes) is 2. The molecule has 0 unspecified atom stereocenters. The number of hydrogen-bond donors (Lipinski definition) is 1. The zero-order valence-corrected chi connectivity index (χ0v) is 18.9. The molecule has 31 heavy (non-hydrogen) atoms. The molecular weight excluding hydrogens is 434 g/mol. The van der Waals surface area contributed by atoms with Gasteiger partial charge in [0.2, 0.25) is 5.91 Å². The number of nitrogens with zero attached hydrogens (tertiary/aromatic N) is 2. The highest BCUT2D eigenvalue weighted by atomic mass is 32.2. The van der Waals surface area contributed by atoms with Crippen molar-refractivity contribution in [3.05, 3.63) is 57.2 Å². The number of benzene rings is 1. The molecule has 3 aromatic rings. The molecule has 0 spiro atoms. The van der Waals surface area contributed by atoms with Crippen LogP contribution >= 0.6 is 23.1 Å². The van der Waals surface area contributed by atoms with Crippen molar-refractivity contribution in [3.8, 4) is 0 Å². The summed E-state index contributed by atoms with van der Waals surface area (Å²) in [7, 11) is 0. The van der Waals surface area contributed by atoms with E-state index in [0.717, 1.165) is 11.1 Å². The van der Waals surface area contributed by atoms with Gasteiger partial charge in [0.15, 0.2) is 5.16 Å². The van der Waals surface area contributed by atoms with E-state index >= 15 is 0 Å². The highest BCUT2D eigenvalue weighted by molar-refractivity contribution is 7.99. The van der Waals surface area contributed by atoms with Crippen LogP contribution < -0.4 is 16.0 Å². The van der Waals surface area contributed by atoms with Gasteiger partial charge in [-0.05, 0) is 43.2 Å². The van der Waals surface area contributed by atoms with E-state index in [-0.39, 0.29) is 23.6 Å². The van der Waals surface area contributed by atoms with Crippen molar-refractivity contribution in [1.29, 1.82) is 0 Å². The molecule has 1 N–H and O–H groups in total. The van der Waals surface area contributed by atoms with Gasteiger partial charge in [0.05, 0.1) is 11.3 Å². The molecule has 0 bridgehead atoms. The number of aliphatic carboxylic acids is 1. The molecule has 0 aliphatic carbocycles. The molecular formula is C22H24N3O4S2-. The minimum atomic E-state index is -1.06. The van der Waals surface area contributed by atoms with Gasteiger partial charge in [-0.1, -0.05) is 48.0 Å². The number of fused-ring (bicyclic) bond motifs is 1. The molecule has 2 aromatic heterocycles. The maximum absolute atomic E-state index is 12.9. The Morgan fingerprint density at radius 3 is 2.68 bits per heavy atom. The minimum Gasteiger partial charge on any atom is -0.550 e. The lowest BCUT2D eigenvalue weighted by molar-refractivity contribution is -0.305. The molecule has 7 nitrogen and oxygen atoms in total. The lowest BCUT2D eigenvalue weighted by Crippen LogP contribution is -2.26. The fourth-order valence-electron chi connectivity index (χ4n) is 3.03. The SMILES string of the molecule is Cc1ccc(CNC(=O)CSc2nc3ccsc3c(=O)n2CCCCCC(=O)[O-])cc1. The summed E-state index contributed by atoms with van der Waals surface area (Å²) >= 11 is 2.58. The van der Waals surface area contributed by atoms with Crippen molar-refractivity contribution in [2.24, 2.45) is 0 Å². The minimum absolute atomic E-state index is 0.0138. The zero-order chi connectivity index (χ0) is 22.2. The molecule has 0 aliphatic rings. The van der Waals surface area contributed by atoms with Gasteiger partial charge < -0.3 is 15.2 Å². The fourth-order valence-corrected chi connectivity index (χ4v) is 4.67. The lowest BCUT2D eigenvalue weighted by Gasteiger charge is -2.12. The number of carboxylic acid groups (broad SMARTS) is 1. The Morgan fingerprint density at radius 2 is 1.94 bits per heavy atom. The maximum atomic E-state index is 12.9. The largest absolute Gasteiger partial charge is 0.550 e. The fraction of sp³-hybridized carbons (Fsp3) is 0.364. The quantitative estimate of drug-likeness (QED) is 0.269. The van der Waals surface area contributed by atoms with E-state index in [1.807, 2.05) is 36.6 Å². The molecule has 1 amide bonds. The highest BCUT2D eigenvalue weighted by Gasteiger charge is 2.14. The highest BCUT2D eigenvalue weighted by Crippen LogP contribution is 2.21. The number of carbonyl (C=O) groups is 2. The third-order valence-electron chi connectivity index (χ3n) is 4.74. The summed E-state index contributed by atoms with van der Waals surface area (Å²) in [6.07, 6.45) is 1.85. The van der Waals surface area contributed by atoms with E-state index in [2.05, 4.69) is 10.3 Å². The molecule has 1 aromatic carbocycles. The van der Waals surface area contributed by atoms with Crippen LogP contribution in [-0.4, -0.2) is 27.2 Å². The Morgan fingerprint density at radius 1 is 1.16 bits per heavy atom. The van der Waals surface area contributed by atoms with Crippen molar-refractivity contribution in [1.82, 2.24) is 14.9 Å². The van der Waals surface area contributed by atoms with E-state index in [4.69, 9.17) is 0 Å². The molecule has 0 saturated heterocycles. The van der Waals surface area contributed by atoms with E-state index in [1.165, 1.54) is 23.1 Å². The first-order chi connectivity index (χ1) is 14.9. The maximum Gasteiger partial charge on any atom is 0.272 e. The van der Waals surface area contributed by atoms with Gasteiger partial charge in [-0.3, -0.25) is 14.2 Å². The normalized spacial score (nSPS) is 11.0. The number of rotatable bonds is 11. The molecule has 0 saturated carbocycles. The molecule has 0 radical (unpaired) electrons. The van der Waals surface area contributed by atoms with Gasteiger partial charge in [-0.15, -0.1) is 11.3 Å². The summed E-state index contributed by atoms with van der Waals surface area (Å²) in [5.74, 6) is -1.05. The summed E-state index contributed by atoms with van der Waals surface area (Å²) in [5, 5.41) is 15.8. The summed E-state index contributed by atoms with van der Waals surface area (Å²) in [6, 6.07) is 9.76. The number of nitrogens with one attached hydrogen (secondary N) is 1. The van der Waals surface area contributed by atoms with Gasteiger partial charge in [-0.25, -0.2) is 4.98 Å². The Hall–Kier alpha value is -2.65. The van der Waals surface area contributed by atoms with E-state index < -0.39 is 5.97 Å². The second-order valence-electron chi connectivity index (χ2n) is 7.22. The first-order valence-corrected chi connectivity index (χ1v) is 11.9. The van der Waals surface area contributed by atoms with E-state index in [9.17, 15) is 19.5 Å². The number of carbonyl (C=O) groups excluding carboxylic acids is 2. The van der Waals surface area contributed by atoms with E-state index in [0.29, 0.717) is 47.7 Å². The topological polar surface area (TPSA) is 104 Å². The zero-order valence-electron chi connectivity index (χ0n) is 17.3. The van der Waals surface area contributed by atoms with Crippen LogP contribution in [0.5, 0.6) is 0 Å². The molecule has 2 heterocycles. The summed E-state index contributed by atoms with van der Waals surface area (Å²) in [6.45, 7) is 2.89. The van der Waals surface area contributed by atoms with Crippen molar-refractivity contribution in [2.45, 2.75) is 50.9 Å². The van der Waals surface area contributed by atoms with Crippen molar-refractivity contribution in [2.75, 3.05) is 5.75 Å². The first-order valence-electron chi connectivity index (χ1n) is 10.1. The van der Waals surface area contributed by atoms with Crippen LogP contribution in [0.2, 0.25) is 0 Å².